The van der Waals surface area contributed by atoms with E-state index in [0.717, 1.165) is 31.4 Å². The van der Waals surface area contributed by atoms with Crippen LogP contribution in [-0.2, 0) is 13.7 Å². The third-order valence-corrected chi connectivity index (χ3v) is 7.42. The van der Waals surface area contributed by atoms with E-state index in [-0.39, 0.29) is 5.82 Å². The molecular formula is C22H22FN5S2. The van der Waals surface area contributed by atoms with Gasteiger partial charge in [0, 0.05) is 26.1 Å². The highest BCUT2D eigenvalue weighted by atomic mass is 32.1. The lowest BCUT2D eigenvalue weighted by molar-refractivity contribution is 0.160. The second kappa shape index (κ2) is 8.02. The quantitative estimate of drug-likeness (QED) is 0.410. The van der Waals surface area contributed by atoms with Gasteiger partial charge in [-0.15, -0.1) is 11.3 Å². The van der Waals surface area contributed by atoms with Gasteiger partial charge < -0.3 is 4.57 Å². The zero-order chi connectivity index (χ0) is 20.7. The lowest BCUT2D eigenvalue weighted by Gasteiger charge is -2.30. The monoisotopic (exact) mass is 439 g/mol. The second-order valence-corrected chi connectivity index (χ2v) is 9.13. The fraction of sp³-hybridized carbons (Fsp3) is 0.318. The number of nitrogens with zero attached hydrogens (tertiary/aromatic N) is 5. The van der Waals surface area contributed by atoms with Crippen LogP contribution in [0.3, 0.4) is 0 Å². The minimum absolute atomic E-state index is 0.288. The minimum atomic E-state index is -0.288. The SMILES string of the molecule is Cn1c(-c2ccccc2F)nn(CN2CCC(c3nc4ccccc4s3)CC2)c1=S. The zero-order valence-corrected chi connectivity index (χ0v) is 18.3. The van der Waals surface area contributed by atoms with Gasteiger partial charge >= 0.3 is 0 Å². The molecule has 30 heavy (non-hydrogen) atoms. The van der Waals surface area contributed by atoms with E-state index in [0.29, 0.717) is 28.7 Å². The Kier molecular flexibility index (Phi) is 5.22. The fourth-order valence-corrected chi connectivity index (χ4v) is 5.35. The molecule has 0 radical (unpaired) electrons. The normalized spacial score (nSPS) is 15.8. The number of fused-ring (bicyclic) bond motifs is 1. The molecular weight excluding hydrogens is 417 g/mol. The average Bonchev–Trinajstić information content (AvgIpc) is 3.32. The van der Waals surface area contributed by atoms with E-state index in [4.69, 9.17) is 17.2 Å². The Morgan fingerprint density at radius 2 is 1.83 bits per heavy atom. The molecule has 2 aromatic heterocycles. The van der Waals surface area contributed by atoms with Crippen molar-refractivity contribution in [2.45, 2.75) is 25.4 Å². The summed E-state index contributed by atoms with van der Waals surface area (Å²) in [6, 6.07) is 15.0. The number of rotatable bonds is 4. The Labute approximate surface area is 183 Å². The van der Waals surface area contributed by atoms with Crippen molar-refractivity contribution in [1.29, 1.82) is 0 Å². The van der Waals surface area contributed by atoms with E-state index in [2.05, 4.69) is 28.2 Å². The van der Waals surface area contributed by atoms with E-state index in [9.17, 15) is 4.39 Å². The molecule has 1 aliphatic heterocycles. The molecule has 154 valence electrons. The molecule has 8 heteroatoms. The van der Waals surface area contributed by atoms with E-state index >= 15 is 0 Å². The van der Waals surface area contributed by atoms with Crippen LogP contribution in [0, 0.1) is 10.6 Å². The molecule has 0 unspecified atom stereocenters. The van der Waals surface area contributed by atoms with E-state index in [1.807, 2.05) is 30.5 Å². The molecule has 1 fully saturated rings. The lowest BCUT2D eigenvalue weighted by Crippen LogP contribution is -2.34. The minimum Gasteiger partial charge on any atom is -0.303 e. The van der Waals surface area contributed by atoms with Crippen molar-refractivity contribution >= 4 is 33.8 Å². The van der Waals surface area contributed by atoms with Crippen LogP contribution in [0.4, 0.5) is 4.39 Å². The van der Waals surface area contributed by atoms with Gasteiger partial charge in [0.25, 0.3) is 0 Å². The van der Waals surface area contributed by atoms with Crippen LogP contribution in [-0.4, -0.2) is 37.3 Å². The van der Waals surface area contributed by atoms with Crippen LogP contribution in [0.1, 0.15) is 23.8 Å². The predicted octanol–water partition coefficient (Wildman–Crippen LogP) is 5.20. The number of benzene rings is 2. The number of halogens is 1. The van der Waals surface area contributed by atoms with Gasteiger partial charge in [0.2, 0.25) is 0 Å². The van der Waals surface area contributed by atoms with Crippen molar-refractivity contribution in [3.8, 4) is 11.4 Å². The first-order valence-electron chi connectivity index (χ1n) is 10.1. The Balaban J connectivity index is 1.29. The molecule has 1 saturated heterocycles. The summed E-state index contributed by atoms with van der Waals surface area (Å²) in [5.41, 5.74) is 1.57. The van der Waals surface area contributed by atoms with Crippen LogP contribution in [0.25, 0.3) is 21.6 Å². The van der Waals surface area contributed by atoms with Gasteiger partial charge in [-0.25, -0.2) is 14.1 Å². The molecule has 5 rings (SSSR count). The van der Waals surface area contributed by atoms with Gasteiger partial charge in [0.05, 0.1) is 27.5 Å². The molecule has 3 heterocycles. The molecule has 0 amide bonds. The van der Waals surface area contributed by atoms with Crippen molar-refractivity contribution in [2.75, 3.05) is 13.1 Å². The van der Waals surface area contributed by atoms with Crippen molar-refractivity contribution in [2.24, 2.45) is 7.05 Å². The molecule has 0 spiro atoms. The highest BCUT2D eigenvalue weighted by Gasteiger charge is 2.24. The van der Waals surface area contributed by atoms with Gasteiger partial charge in [-0.3, -0.25) is 4.90 Å². The van der Waals surface area contributed by atoms with Crippen LogP contribution < -0.4 is 0 Å². The summed E-state index contributed by atoms with van der Waals surface area (Å²) in [4.78, 5) is 7.20. The molecule has 2 aromatic carbocycles. The maximum atomic E-state index is 14.2. The summed E-state index contributed by atoms with van der Waals surface area (Å²) in [6.45, 7) is 2.55. The summed E-state index contributed by atoms with van der Waals surface area (Å²) in [5, 5.41) is 5.87. The Morgan fingerprint density at radius 1 is 1.10 bits per heavy atom. The van der Waals surface area contributed by atoms with E-state index < -0.39 is 0 Å². The molecule has 0 saturated carbocycles. The van der Waals surface area contributed by atoms with E-state index in [1.54, 1.807) is 21.4 Å². The van der Waals surface area contributed by atoms with Crippen LogP contribution in [0.15, 0.2) is 48.5 Å². The highest BCUT2D eigenvalue weighted by molar-refractivity contribution is 7.71. The molecule has 0 atom stereocenters. The third kappa shape index (κ3) is 3.59. The summed E-state index contributed by atoms with van der Waals surface area (Å²) in [6.07, 6.45) is 2.14. The topological polar surface area (TPSA) is 38.9 Å². The van der Waals surface area contributed by atoms with Crippen LogP contribution >= 0.6 is 23.6 Å². The largest absolute Gasteiger partial charge is 0.303 e. The summed E-state index contributed by atoms with van der Waals surface area (Å²) in [5.74, 6) is 0.774. The molecule has 0 bridgehead atoms. The predicted molar refractivity (Wildman–Crippen MR) is 121 cm³/mol. The smallest absolute Gasteiger partial charge is 0.199 e. The summed E-state index contributed by atoms with van der Waals surface area (Å²) < 4.78 is 19.7. The number of aromatic nitrogens is 4. The highest BCUT2D eigenvalue weighted by Crippen LogP contribution is 2.34. The number of likely N-dealkylation sites (tertiary alicyclic amines) is 1. The Morgan fingerprint density at radius 3 is 2.60 bits per heavy atom. The molecule has 1 aliphatic rings. The van der Waals surface area contributed by atoms with Crippen LogP contribution in [0.5, 0.6) is 0 Å². The second-order valence-electron chi connectivity index (χ2n) is 7.70. The zero-order valence-electron chi connectivity index (χ0n) is 16.7. The van der Waals surface area contributed by atoms with Gasteiger partial charge in [0.15, 0.2) is 10.6 Å². The van der Waals surface area contributed by atoms with Gasteiger partial charge in [-0.2, -0.15) is 5.10 Å². The molecule has 0 N–H and O–H groups in total. The van der Waals surface area contributed by atoms with Gasteiger partial charge in [0.1, 0.15) is 5.82 Å². The maximum Gasteiger partial charge on any atom is 0.199 e. The van der Waals surface area contributed by atoms with Crippen molar-refractivity contribution < 1.29 is 4.39 Å². The Hall–Kier alpha value is -2.42. The van der Waals surface area contributed by atoms with E-state index in [1.165, 1.54) is 15.8 Å². The fourth-order valence-electron chi connectivity index (χ4n) is 4.03. The third-order valence-electron chi connectivity index (χ3n) is 5.74. The van der Waals surface area contributed by atoms with Gasteiger partial charge in [-0.1, -0.05) is 24.3 Å². The van der Waals surface area contributed by atoms with Crippen LogP contribution in [0.2, 0.25) is 0 Å². The lowest BCUT2D eigenvalue weighted by atomic mass is 9.98. The average molecular weight is 440 g/mol. The number of piperidine rings is 1. The summed E-state index contributed by atoms with van der Waals surface area (Å²) >= 11 is 7.38. The molecule has 0 aliphatic carbocycles. The Bertz CT molecular complexity index is 1220. The standard InChI is InChI=1S/C22H22FN5S2/c1-26-20(16-6-2-3-7-17(16)23)25-28(22(26)29)14-27-12-10-15(11-13-27)21-24-18-8-4-5-9-19(18)30-21/h2-9,15H,10-14H2,1H3. The van der Waals surface area contributed by atoms with Gasteiger partial charge in [-0.05, 0) is 49.3 Å². The molecule has 4 aromatic rings. The first kappa shape index (κ1) is 19.5. The molecule has 5 nitrogen and oxygen atoms in total. The number of para-hydroxylation sites is 1. The number of thiazole rings is 1. The maximum absolute atomic E-state index is 14.2. The van der Waals surface area contributed by atoms with Crippen molar-refractivity contribution in [1.82, 2.24) is 24.2 Å². The first-order valence-corrected chi connectivity index (χ1v) is 11.3. The number of hydrogen-bond donors (Lipinski definition) is 0. The van der Waals surface area contributed by atoms with Crippen molar-refractivity contribution in [3.05, 3.63) is 64.1 Å². The summed E-state index contributed by atoms with van der Waals surface area (Å²) in [7, 11) is 1.84. The number of hydrogen-bond acceptors (Lipinski definition) is 5. The first-order chi connectivity index (χ1) is 14.6. The van der Waals surface area contributed by atoms with Crippen molar-refractivity contribution in [3.63, 3.8) is 0 Å².